The van der Waals surface area contributed by atoms with E-state index in [0.29, 0.717) is 28.1 Å². The van der Waals surface area contributed by atoms with Gasteiger partial charge in [0.15, 0.2) is 0 Å². The molecule has 0 radical (unpaired) electrons. The van der Waals surface area contributed by atoms with Crippen LogP contribution in [0.25, 0.3) is 0 Å². The van der Waals surface area contributed by atoms with Crippen molar-refractivity contribution in [3.8, 4) is 0 Å². The lowest BCUT2D eigenvalue weighted by molar-refractivity contribution is -0.118. The predicted molar refractivity (Wildman–Crippen MR) is 113 cm³/mol. The van der Waals surface area contributed by atoms with Crippen molar-refractivity contribution in [1.29, 1.82) is 0 Å². The van der Waals surface area contributed by atoms with Crippen LogP contribution in [0.2, 0.25) is 10.0 Å². The minimum absolute atomic E-state index is 0.0460. The summed E-state index contributed by atoms with van der Waals surface area (Å²) in [7, 11) is 0. The number of nitrogens with one attached hydrogen (secondary N) is 1. The van der Waals surface area contributed by atoms with E-state index < -0.39 is 0 Å². The molecular formula is C19H21Cl2NOS2. The average molecular weight is 414 g/mol. The van der Waals surface area contributed by atoms with E-state index in [9.17, 15) is 4.79 Å². The van der Waals surface area contributed by atoms with Crippen molar-refractivity contribution in [2.45, 2.75) is 18.4 Å². The van der Waals surface area contributed by atoms with Crippen LogP contribution in [-0.4, -0.2) is 24.0 Å². The number of hydrogen-bond acceptors (Lipinski definition) is 3. The highest BCUT2D eigenvalue weighted by Crippen LogP contribution is 2.28. The van der Waals surface area contributed by atoms with Crippen LogP contribution >= 0.6 is 46.7 Å². The first-order valence-electron chi connectivity index (χ1n) is 7.97. The van der Waals surface area contributed by atoms with Gasteiger partial charge in [-0.05, 0) is 35.7 Å². The van der Waals surface area contributed by atoms with Crippen molar-refractivity contribution >= 4 is 52.6 Å². The quantitative estimate of drug-likeness (QED) is 0.543. The molecule has 2 rings (SSSR count). The lowest BCUT2D eigenvalue weighted by Gasteiger charge is -2.08. The van der Waals surface area contributed by atoms with Gasteiger partial charge in [0.25, 0.3) is 0 Å². The number of rotatable bonds is 9. The molecule has 0 aliphatic rings. The van der Waals surface area contributed by atoms with Crippen molar-refractivity contribution < 1.29 is 4.79 Å². The summed E-state index contributed by atoms with van der Waals surface area (Å²) in [5.41, 5.74) is 3.55. The van der Waals surface area contributed by atoms with Crippen LogP contribution in [-0.2, 0) is 16.3 Å². The standard InChI is InChI=1S/C19H21Cl2NOS2/c1-14-5-2-3-6-15(14)11-24-10-9-22-19(23)13-25-12-16-17(20)7-4-8-18(16)21/h2-8H,9-13H2,1H3,(H,22,23). The smallest absolute Gasteiger partial charge is 0.230 e. The molecule has 0 aromatic heterocycles. The second-order valence-corrected chi connectivity index (χ2v) is 8.43. The number of thioether (sulfide) groups is 2. The highest BCUT2D eigenvalue weighted by molar-refractivity contribution is 7.99. The molecule has 0 heterocycles. The molecule has 0 bridgehead atoms. The van der Waals surface area contributed by atoms with E-state index in [-0.39, 0.29) is 5.91 Å². The Balaban J connectivity index is 1.59. The van der Waals surface area contributed by atoms with E-state index in [1.54, 1.807) is 0 Å². The maximum Gasteiger partial charge on any atom is 0.230 e. The van der Waals surface area contributed by atoms with Crippen LogP contribution in [0.3, 0.4) is 0 Å². The number of aryl methyl sites for hydroxylation is 1. The number of hydrogen-bond donors (Lipinski definition) is 1. The Bertz CT molecular complexity index is 689. The molecule has 134 valence electrons. The molecule has 0 spiro atoms. The van der Waals surface area contributed by atoms with Crippen molar-refractivity contribution in [3.05, 3.63) is 69.2 Å². The minimum atomic E-state index is 0.0460. The summed E-state index contributed by atoms with van der Waals surface area (Å²) in [5, 5.41) is 4.25. The van der Waals surface area contributed by atoms with Crippen LogP contribution in [0.1, 0.15) is 16.7 Å². The van der Waals surface area contributed by atoms with Gasteiger partial charge in [0.05, 0.1) is 5.75 Å². The van der Waals surface area contributed by atoms with E-state index >= 15 is 0 Å². The molecule has 0 saturated carbocycles. The Morgan fingerprint density at radius 1 is 1.00 bits per heavy atom. The van der Waals surface area contributed by atoms with Gasteiger partial charge < -0.3 is 5.32 Å². The van der Waals surface area contributed by atoms with Gasteiger partial charge >= 0.3 is 0 Å². The molecular weight excluding hydrogens is 393 g/mol. The fourth-order valence-corrected chi connectivity index (χ4v) is 4.71. The Kier molecular flexibility index (Phi) is 9.04. The van der Waals surface area contributed by atoms with Gasteiger partial charge in [-0.25, -0.2) is 0 Å². The zero-order valence-electron chi connectivity index (χ0n) is 14.1. The molecule has 2 aromatic carbocycles. The number of carbonyl (C=O) groups excluding carboxylic acids is 1. The molecule has 2 nitrogen and oxygen atoms in total. The molecule has 1 amide bonds. The van der Waals surface area contributed by atoms with Crippen LogP contribution in [0, 0.1) is 6.92 Å². The van der Waals surface area contributed by atoms with Crippen LogP contribution < -0.4 is 5.32 Å². The number of amides is 1. The molecule has 6 heteroatoms. The van der Waals surface area contributed by atoms with Gasteiger partial charge in [0, 0.05) is 33.8 Å². The monoisotopic (exact) mass is 413 g/mol. The highest BCUT2D eigenvalue weighted by Gasteiger charge is 2.07. The Morgan fingerprint density at radius 3 is 2.44 bits per heavy atom. The summed E-state index contributed by atoms with van der Waals surface area (Å²) in [6.07, 6.45) is 0. The van der Waals surface area contributed by atoms with Gasteiger partial charge in [-0.2, -0.15) is 11.8 Å². The lowest BCUT2D eigenvalue weighted by Crippen LogP contribution is -2.27. The summed E-state index contributed by atoms with van der Waals surface area (Å²) >= 11 is 15.6. The predicted octanol–water partition coefficient (Wildman–Crippen LogP) is 5.58. The third kappa shape index (κ3) is 7.14. The molecule has 1 N–H and O–H groups in total. The van der Waals surface area contributed by atoms with Gasteiger partial charge in [-0.15, -0.1) is 11.8 Å². The summed E-state index contributed by atoms with van der Waals surface area (Å²) in [6, 6.07) is 13.8. The minimum Gasteiger partial charge on any atom is -0.355 e. The molecule has 0 unspecified atom stereocenters. The number of carbonyl (C=O) groups is 1. The van der Waals surface area contributed by atoms with Crippen molar-refractivity contribution in [1.82, 2.24) is 5.32 Å². The van der Waals surface area contributed by atoms with Crippen LogP contribution in [0.4, 0.5) is 0 Å². The van der Waals surface area contributed by atoms with Gasteiger partial charge in [-0.3, -0.25) is 4.79 Å². The summed E-state index contributed by atoms with van der Waals surface area (Å²) < 4.78 is 0. The first-order valence-corrected chi connectivity index (χ1v) is 11.0. The molecule has 0 atom stereocenters. The maximum absolute atomic E-state index is 11.9. The second-order valence-electron chi connectivity index (χ2n) is 5.52. The fraction of sp³-hybridized carbons (Fsp3) is 0.316. The second kappa shape index (κ2) is 11.0. The number of benzene rings is 2. The van der Waals surface area contributed by atoms with E-state index in [2.05, 4.69) is 36.5 Å². The lowest BCUT2D eigenvalue weighted by atomic mass is 10.1. The van der Waals surface area contributed by atoms with Crippen LogP contribution in [0.15, 0.2) is 42.5 Å². The van der Waals surface area contributed by atoms with Gasteiger partial charge in [0.1, 0.15) is 0 Å². The summed E-state index contributed by atoms with van der Waals surface area (Å²) in [4.78, 5) is 11.9. The molecule has 0 fully saturated rings. The zero-order chi connectivity index (χ0) is 18.1. The summed E-state index contributed by atoms with van der Waals surface area (Å²) in [5.74, 6) is 2.96. The highest BCUT2D eigenvalue weighted by atomic mass is 35.5. The largest absolute Gasteiger partial charge is 0.355 e. The molecule has 0 aliphatic carbocycles. The van der Waals surface area contributed by atoms with Crippen molar-refractivity contribution in [3.63, 3.8) is 0 Å². The fourth-order valence-electron chi connectivity index (χ4n) is 2.18. The maximum atomic E-state index is 11.9. The first-order chi connectivity index (χ1) is 12.1. The van der Waals surface area contributed by atoms with E-state index in [1.165, 1.54) is 22.9 Å². The topological polar surface area (TPSA) is 29.1 Å². The zero-order valence-corrected chi connectivity index (χ0v) is 17.2. The Hall–Kier alpha value is -0.810. The third-order valence-corrected chi connectivity index (χ3v) is 6.30. The number of halogens is 2. The van der Waals surface area contributed by atoms with Gasteiger partial charge in [-0.1, -0.05) is 53.5 Å². The molecule has 0 aliphatic heterocycles. The third-order valence-electron chi connectivity index (χ3n) is 3.63. The Morgan fingerprint density at radius 2 is 1.72 bits per heavy atom. The van der Waals surface area contributed by atoms with Crippen LogP contribution in [0.5, 0.6) is 0 Å². The molecule has 2 aromatic rings. The van der Waals surface area contributed by atoms with Crippen molar-refractivity contribution in [2.75, 3.05) is 18.1 Å². The SMILES string of the molecule is Cc1ccccc1CSCCNC(=O)CSCc1c(Cl)cccc1Cl. The van der Waals surface area contributed by atoms with E-state index in [1.807, 2.05) is 30.0 Å². The molecule has 0 saturated heterocycles. The summed E-state index contributed by atoms with van der Waals surface area (Å²) in [6.45, 7) is 2.81. The Labute approximate surface area is 168 Å². The average Bonchev–Trinajstić information content (AvgIpc) is 2.59. The first kappa shape index (κ1) is 20.5. The van der Waals surface area contributed by atoms with E-state index in [4.69, 9.17) is 23.2 Å². The van der Waals surface area contributed by atoms with Gasteiger partial charge in [0.2, 0.25) is 5.91 Å². The van der Waals surface area contributed by atoms with Crippen molar-refractivity contribution in [2.24, 2.45) is 0 Å². The molecule has 25 heavy (non-hydrogen) atoms. The van der Waals surface area contributed by atoms with E-state index in [0.717, 1.165) is 17.1 Å². The normalized spacial score (nSPS) is 10.7.